The van der Waals surface area contributed by atoms with E-state index in [1.54, 1.807) is 17.6 Å². The highest BCUT2D eigenvalue weighted by atomic mass is 32.1. The molecule has 2 N–H and O–H groups in total. The van der Waals surface area contributed by atoms with Crippen molar-refractivity contribution < 1.29 is 19.1 Å². The van der Waals surface area contributed by atoms with Crippen molar-refractivity contribution in [1.82, 2.24) is 9.97 Å². The molecule has 1 aromatic carbocycles. The molecule has 0 atom stereocenters. The number of hydrogen-bond acceptors (Lipinski definition) is 6. The number of thiazole rings is 1. The third kappa shape index (κ3) is 4.56. The quantitative estimate of drug-likeness (QED) is 0.623. The number of benzene rings is 1. The molecule has 0 fully saturated rings. The van der Waals surface area contributed by atoms with Crippen LogP contribution in [-0.4, -0.2) is 35.6 Å². The van der Waals surface area contributed by atoms with Gasteiger partial charge in [0.15, 0.2) is 5.13 Å². The molecule has 26 heavy (non-hydrogen) atoms. The van der Waals surface area contributed by atoms with Crippen LogP contribution >= 0.6 is 11.3 Å². The average molecular weight is 371 g/mol. The Labute approximate surface area is 154 Å². The minimum atomic E-state index is -0.449. The number of carbonyl (C=O) groups excluding carboxylic acids is 2. The molecule has 0 aliphatic carbocycles. The Morgan fingerprint density at radius 1 is 1.27 bits per heavy atom. The number of rotatable bonds is 7. The molecule has 0 aliphatic heterocycles. The van der Waals surface area contributed by atoms with Crippen molar-refractivity contribution in [2.75, 3.05) is 19.0 Å². The molecule has 3 aromatic rings. The van der Waals surface area contributed by atoms with Gasteiger partial charge in [0.05, 0.1) is 19.4 Å². The summed E-state index contributed by atoms with van der Waals surface area (Å²) in [5, 5.41) is 4.96. The number of carbonyl (C=O) groups is 2. The first-order chi connectivity index (χ1) is 12.7. The zero-order valence-electron chi connectivity index (χ0n) is 14.0. The Bertz CT molecular complexity index is 889. The van der Waals surface area contributed by atoms with Gasteiger partial charge in [-0.15, -0.1) is 11.3 Å². The van der Waals surface area contributed by atoms with Crippen LogP contribution < -0.4 is 5.32 Å². The third-order valence-electron chi connectivity index (χ3n) is 3.48. The van der Waals surface area contributed by atoms with Crippen LogP contribution in [0.1, 0.15) is 16.1 Å². The number of hydrogen-bond donors (Lipinski definition) is 2. The van der Waals surface area contributed by atoms with Gasteiger partial charge in [-0.3, -0.25) is 10.1 Å². The molecular weight excluding hydrogens is 354 g/mol. The van der Waals surface area contributed by atoms with Crippen molar-refractivity contribution in [2.24, 2.45) is 0 Å². The van der Waals surface area contributed by atoms with Gasteiger partial charge in [-0.2, -0.15) is 0 Å². The number of amides is 1. The predicted molar refractivity (Wildman–Crippen MR) is 98.0 cm³/mol. The van der Waals surface area contributed by atoms with Gasteiger partial charge in [0, 0.05) is 17.1 Å². The number of anilines is 1. The Morgan fingerprint density at radius 3 is 2.85 bits per heavy atom. The highest BCUT2D eigenvalue weighted by Crippen LogP contribution is 2.25. The average Bonchev–Trinajstić information content (AvgIpc) is 3.31. The fourth-order valence-electron chi connectivity index (χ4n) is 2.22. The molecule has 2 heterocycles. The molecule has 0 spiro atoms. The molecule has 0 bridgehead atoms. The summed E-state index contributed by atoms with van der Waals surface area (Å²) in [6.45, 7) is 0.317. The Morgan fingerprint density at radius 2 is 2.08 bits per heavy atom. The van der Waals surface area contributed by atoms with Gasteiger partial charge in [0.2, 0.25) is 0 Å². The van der Waals surface area contributed by atoms with Crippen molar-refractivity contribution in [3.05, 3.63) is 59.2 Å². The van der Waals surface area contributed by atoms with Gasteiger partial charge in [-0.05, 0) is 11.6 Å². The van der Waals surface area contributed by atoms with E-state index in [2.05, 4.69) is 20.0 Å². The standard InChI is InChI=1S/C18H17N3O4S/c1-24-17(23)14-7-13(8-19-14)15-11-26-18(20-15)21-16(22)10-25-9-12-5-3-2-4-6-12/h2-8,11,19H,9-10H2,1H3,(H,20,21,22). The second kappa shape index (κ2) is 8.41. The van der Waals surface area contributed by atoms with Crippen LogP contribution in [0.15, 0.2) is 48.0 Å². The summed E-state index contributed by atoms with van der Waals surface area (Å²) in [5.74, 6) is -0.721. The van der Waals surface area contributed by atoms with E-state index in [1.165, 1.54) is 18.4 Å². The summed E-state index contributed by atoms with van der Waals surface area (Å²) in [4.78, 5) is 30.6. The van der Waals surface area contributed by atoms with Crippen molar-refractivity contribution >= 4 is 28.3 Å². The van der Waals surface area contributed by atoms with E-state index < -0.39 is 5.97 Å². The highest BCUT2D eigenvalue weighted by Gasteiger charge is 2.13. The Hall–Kier alpha value is -2.97. The molecule has 134 valence electrons. The van der Waals surface area contributed by atoms with Gasteiger partial charge >= 0.3 is 5.97 Å². The fourth-order valence-corrected chi connectivity index (χ4v) is 2.96. The summed E-state index contributed by atoms with van der Waals surface area (Å²) in [6.07, 6.45) is 1.66. The Kier molecular flexibility index (Phi) is 5.77. The largest absolute Gasteiger partial charge is 0.464 e. The van der Waals surface area contributed by atoms with Gasteiger partial charge in [0.25, 0.3) is 5.91 Å². The maximum absolute atomic E-state index is 11.9. The topological polar surface area (TPSA) is 93.3 Å². The SMILES string of the molecule is COC(=O)c1cc(-c2csc(NC(=O)COCc3ccccc3)n2)c[nH]1. The lowest BCUT2D eigenvalue weighted by molar-refractivity contribution is -0.121. The second-order valence-corrected chi connectivity index (χ2v) is 6.22. The number of H-pyrrole nitrogens is 1. The zero-order chi connectivity index (χ0) is 18.4. The summed E-state index contributed by atoms with van der Waals surface area (Å²) in [5.41, 5.74) is 2.74. The van der Waals surface area contributed by atoms with E-state index in [-0.39, 0.29) is 12.5 Å². The first-order valence-electron chi connectivity index (χ1n) is 7.80. The van der Waals surface area contributed by atoms with E-state index in [9.17, 15) is 9.59 Å². The van der Waals surface area contributed by atoms with Crippen molar-refractivity contribution in [3.63, 3.8) is 0 Å². The summed E-state index contributed by atoms with van der Waals surface area (Å²) in [6, 6.07) is 11.3. The molecule has 7 nitrogen and oxygen atoms in total. The van der Waals surface area contributed by atoms with Crippen LogP contribution in [-0.2, 0) is 20.9 Å². The molecule has 0 radical (unpaired) electrons. The minimum absolute atomic E-state index is 0.0551. The molecule has 0 saturated carbocycles. The molecule has 0 saturated heterocycles. The molecule has 0 unspecified atom stereocenters. The normalized spacial score (nSPS) is 10.5. The molecule has 1 amide bonds. The monoisotopic (exact) mass is 371 g/mol. The van der Waals surface area contributed by atoms with Crippen LogP contribution in [0.5, 0.6) is 0 Å². The van der Waals surface area contributed by atoms with Crippen LogP contribution in [0.2, 0.25) is 0 Å². The maximum atomic E-state index is 11.9. The lowest BCUT2D eigenvalue weighted by Crippen LogP contribution is -2.18. The number of methoxy groups -OCH3 is 1. The number of aromatic amines is 1. The number of nitrogens with zero attached hydrogens (tertiary/aromatic N) is 1. The van der Waals surface area contributed by atoms with E-state index in [0.717, 1.165) is 11.1 Å². The first kappa shape index (κ1) is 17.8. The van der Waals surface area contributed by atoms with Crippen LogP contribution in [0, 0.1) is 0 Å². The molecule has 8 heteroatoms. The highest BCUT2D eigenvalue weighted by molar-refractivity contribution is 7.14. The fraction of sp³-hybridized carbons (Fsp3) is 0.167. The van der Waals surface area contributed by atoms with E-state index >= 15 is 0 Å². The summed E-state index contributed by atoms with van der Waals surface area (Å²) >= 11 is 1.30. The number of esters is 1. The zero-order valence-corrected chi connectivity index (χ0v) is 14.8. The van der Waals surface area contributed by atoms with Gasteiger partial charge < -0.3 is 14.5 Å². The molecular formula is C18H17N3O4S. The van der Waals surface area contributed by atoms with Crippen LogP contribution in [0.25, 0.3) is 11.3 Å². The molecule has 3 rings (SSSR count). The molecule has 0 aliphatic rings. The Balaban J connectivity index is 1.52. The van der Waals surface area contributed by atoms with E-state index in [4.69, 9.17) is 4.74 Å². The van der Waals surface area contributed by atoms with Crippen molar-refractivity contribution in [3.8, 4) is 11.3 Å². The number of nitrogens with one attached hydrogen (secondary N) is 2. The molecule has 2 aromatic heterocycles. The number of ether oxygens (including phenoxy) is 2. The second-order valence-electron chi connectivity index (χ2n) is 5.36. The van der Waals surface area contributed by atoms with E-state index in [0.29, 0.717) is 23.1 Å². The summed E-state index contributed by atoms with van der Waals surface area (Å²) in [7, 11) is 1.32. The third-order valence-corrected chi connectivity index (χ3v) is 4.24. The van der Waals surface area contributed by atoms with Crippen molar-refractivity contribution in [1.29, 1.82) is 0 Å². The van der Waals surface area contributed by atoms with Crippen LogP contribution in [0.4, 0.5) is 5.13 Å². The lowest BCUT2D eigenvalue weighted by atomic mass is 10.2. The van der Waals surface area contributed by atoms with E-state index in [1.807, 2.05) is 30.3 Å². The predicted octanol–water partition coefficient (Wildman–Crippen LogP) is 3.08. The summed E-state index contributed by atoms with van der Waals surface area (Å²) < 4.78 is 10.0. The lowest BCUT2D eigenvalue weighted by Gasteiger charge is -2.04. The minimum Gasteiger partial charge on any atom is -0.464 e. The maximum Gasteiger partial charge on any atom is 0.354 e. The first-order valence-corrected chi connectivity index (χ1v) is 8.68. The van der Waals surface area contributed by atoms with Gasteiger partial charge in [0.1, 0.15) is 12.3 Å². The smallest absolute Gasteiger partial charge is 0.354 e. The van der Waals surface area contributed by atoms with Gasteiger partial charge in [-0.1, -0.05) is 30.3 Å². The van der Waals surface area contributed by atoms with Crippen molar-refractivity contribution in [2.45, 2.75) is 6.61 Å². The number of aromatic nitrogens is 2. The van der Waals surface area contributed by atoms with Crippen LogP contribution in [0.3, 0.4) is 0 Å². The van der Waals surface area contributed by atoms with Gasteiger partial charge in [-0.25, -0.2) is 9.78 Å².